The minimum Gasteiger partial charge on any atom is -0.390 e. The lowest BCUT2D eigenvalue weighted by molar-refractivity contribution is -0.261. The summed E-state index contributed by atoms with van der Waals surface area (Å²) < 4.78 is 0. The van der Waals surface area contributed by atoms with Gasteiger partial charge in [-0.05, 0) is 60.7 Å². The van der Waals surface area contributed by atoms with Gasteiger partial charge in [-0.15, -0.1) is 0 Å². The Morgan fingerprint density at radius 1 is 1.19 bits per heavy atom. The number of rotatable bonds is 1. The quantitative estimate of drug-likeness (QED) is 0.718. The van der Waals surface area contributed by atoms with Crippen LogP contribution < -0.4 is 0 Å². The van der Waals surface area contributed by atoms with Crippen LogP contribution in [0, 0.1) is 28.6 Å². The minimum absolute atomic E-state index is 0.335. The van der Waals surface area contributed by atoms with E-state index in [0.717, 1.165) is 24.7 Å². The van der Waals surface area contributed by atoms with Crippen LogP contribution in [0.5, 0.6) is 0 Å². The van der Waals surface area contributed by atoms with Gasteiger partial charge in [0.05, 0.1) is 5.60 Å². The summed E-state index contributed by atoms with van der Waals surface area (Å²) in [6.07, 6.45) is 6.41. The first-order valence-corrected chi connectivity index (χ1v) is 7.03. The highest BCUT2D eigenvalue weighted by molar-refractivity contribution is 5.17. The van der Waals surface area contributed by atoms with Crippen LogP contribution in [0.3, 0.4) is 0 Å². The molecule has 4 rings (SSSR count). The smallest absolute Gasteiger partial charge is 0.0681 e. The summed E-state index contributed by atoms with van der Waals surface area (Å²) in [6, 6.07) is 0. The first kappa shape index (κ1) is 11.1. The molecule has 4 aliphatic rings. The second kappa shape index (κ2) is 2.85. The molecule has 0 aromatic rings. The van der Waals surface area contributed by atoms with E-state index in [1.54, 1.807) is 0 Å². The van der Waals surface area contributed by atoms with E-state index in [0.29, 0.717) is 16.7 Å². The van der Waals surface area contributed by atoms with Crippen LogP contribution in [0.15, 0.2) is 0 Å². The Labute approximate surface area is 99.6 Å². The number of hydrogen-bond acceptors (Lipinski definition) is 1. The molecular formula is C15H26O. The Morgan fingerprint density at radius 3 is 2.25 bits per heavy atom. The van der Waals surface area contributed by atoms with Crippen LogP contribution in [-0.2, 0) is 0 Å². The molecule has 1 spiro atoms. The van der Waals surface area contributed by atoms with Gasteiger partial charge in [0, 0.05) is 0 Å². The van der Waals surface area contributed by atoms with Crippen molar-refractivity contribution in [1.82, 2.24) is 0 Å². The standard InChI is InChI=1S/C15H26O/c1-10(2)15(16)8-14(9-15)6-5-11-7-12(14)13(11,3)4/h10-12,16H,5-9H2,1-4H3. The van der Waals surface area contributed by atoms with Crippen molar-refractivity contribution in [3.63, 3.8) is 0 Å². The third kappa shape index (κ3) is 1.11. The molecule has 4 aliphatic carbocycles. The molecule has 4 fully saturated rings. The van der Waals surface area contributed by atoms with E-state index >= 15 is 0 Å². The third-order valence-corrected chi connectivity index (χ3v) is 6.59. The molecule has 0 aromatic carbocycles. The van der Waals surface area contributed by atoms with Gasteiger partial charge in [-0.3, -0.25) is 0 Å². The van der Waals surface area contributed by atoms with Crippen molar-refractivity contribution >= 4 is 0 Å². The normalized spacial score (nSPS) is 53.6. The van der Waals surface area contributed by atoms with E-state index < -0.39 is 0 Å². The van der Waals surface area contributed by atoms with E-state index in [9.17, 15) is 5.11 Å². The molecule has 16 heavy (non-hydrogen) atoms. The number of hydrogen-bond donors (Lipinski definition) is 1. The molecule has 1 heteroatoms. The Kier molecular flexibility index (Phi) is 1.98. The van der Waals surface area contributed by atoms with E-state index in [1.165, 1.54) is 19.3 Å². The van der Waals surface area contributed by atoms with Gasteiger partial charge in [-0.1, -0.05) is 27.7 Å². The lowest BCUT2D eigenvalue weighted by Gasteiger charge is -2.72. The molecule has 2 unspecified atom stereocenters. The second-order valence-electron chi connectivity index (χ2n) is 7.82. The fourth-order valence-corrected chi connectivity index (χ4v) is 5.18. The lowest BCUT2D eigenvalue weighted by Crippen LogP contribution is -2.67. The van der Waals surface area contributed by atoms with Crippen LogP contribution in [0.25, 0.3) is 0 Å². The monoisotopic (exact) mass is 222 g/mol. The Bertz CT molecular complexity index is 307. The maximum absolute atomic E-state index is 10.5. The van der Waals surface area contributed by atoms with Crippen molar-refractivity contribution in [2.45, 2.75) is 65.4 Å². The van der Waals surface area contributed by atoms with Gasteiger partial charge in [0.1, 0.15) is 0 Å². The summed E-state index contributed by atoms with van der Waals surface area (Å²) in [5.41, 5.74) is 0.756. The highest BCUT2D eigenvalue weighted by atomic mass is 16.3. The molecule has 0 amide bonds. The van der Waals surface area contributed by atoms with Crippen molar-refractivity contribution in [3.8, 4) is 0 Å². The molecule has 0 saturated heterocycles. The summed E-state index contributed by atoms with van der Waals surface area (Å²) in [6.45, 7) is 9.26. The SMILES string of the molecule is CC(C)C1(O)CC2(CCC3CC2C3(C)C)C1. The largest absolute Gasteiger partial charge is 0.390 e. The Balaban J connectivity index is 1.78. The molecule has 4 saturated carbocycles. The van der Waals surface area contributed by atoms with Gasteiger partial charge in [-0.25, -0.2) is 0 Å². The van der Waals surface area contributed by atoms with Crippen molar-refractivity contribution < 1.29 is 5.11 Å². The van der Waals surface area contributed by atoms with E-state index in [2.05, 4.69) is 27.7 Å². The Hall–Kier alpha value is -0.0400. The first-order chi connectivity index (χ1) is 7.30. The van der Waals surface area contributed by atoms with Crippen LogP contribution >= 0.6 is 0 Å². The van der Waals surface area contributed by atoms with Crippen molar-refractivity contribution in [2.75, 3.05) is 0 Å². The minimum atomic E-state index is -0.335. The zero-order valence-electron chi connectivity index (χ0n) is 11.2. The highest BCUT2D eigenvalue weighted by Crippen LogP contribution is 2.73. The van der Waals surface area contributed by atoms with Gasteiger partial charge in [0.25, 0.3) is 0 Å². The van der Waals surface area contributed by atoms with E-state index in [-0.39, 0.29) is 5.60 Å². The maximum atomic E-state index is 10.5. The second-order valence-corrected chi connectivity index (χ2v) is 7.82. The van der Waals surface area contributed by atoms with Gasteiger partial charge in [0.15, 0.2) is 0 Å². The summed E-state index contributed by atoms with van der Waals surface area (Å²) in [7, 11) is 0. The average molecular weight is 222 g/mol. The molecule has 1 N–H and O–H groups in total. The molecule has 0 aliphatic heterocycles. The van der Waals surface area contributed by atoms with Crippen LogP contribution in [0.4, 0.5) is 0 Å². The lowest BCUT2D eigenvalue weighted by atomic mass is 9.34. The summed E-state index contributed by atoms with van der Waals surface area (Å²) in [5.74, 6) is 2.31. The first-order valence-electron chi connectivity index (χ1n) is 7.03. The number of aliphatic hydroxyl groups is 1. The predicted molar refractivity (Wildman–Crippen MR) is 66.1 cm³/mol. The summed E-state index contributed by atoms with van der Waals surface area (Å²) >= 11 is 0. The van der Waals surface area contributed by atoms with Crippen molar-refractivity contribution in [2.24, 2.45) is 28.6 Å². The zero-order chi connectivity index (χ0) is 11.8. The summed E-state index contributed by atoms with van der Waals surface area (Å²) in [4.78, 5) is 0. The van der Waals surface area contributed by atoms with Gasteiger partial charge >= 0.3 is 0 Å². The molecule has 2 atom stereocenters. The van der Waals surface area contributed by atoms with Crippen LogP contribution in [-0.4, -0.2) is 10.7 Å². The fourth-order valence-electron chi connectivity index (χ4n) is 5.18. The molecule has 0 aromatic heterocycles. The number of fused-ring (bicyclic) bond motifs is 1. The fraction of sp³-hybridized carbons (Fsp3) is 1.00. The average Bonchev–Trinajstić information content (AvgIpc) is 2.15. The zero-order valence-corrected chi connectivity index (χ0v) is 11.2. The highest BCUT2D eigenvalue weighted by Gasteiger charge is 2.68. The van der Waals surface area contributed by atoms with Crippen LogP contribution in [0.2, 0.25) is 0 Å². The van der Waals surface area contributed by atoms with Gasteiger partial charge in [-0.2, -0.15) is 0 Å². The maximum Gasteiger partial charge on any atom is 0.0681 e. The summed E-state index contributed by atoms with van der Waals surface area (Å²) in [5, 5.41) is 10.5. The third-order valence-electron chi connectivity index (χ3n) is 6.59. The Morgan fingerprint density at radius 2 is 1.81 bits per heavy atom. The van der Waals surface area contributed by atoms with Gasteiger partial charge < -0.3 is 5.11 Å². The molecule has 92 valence electrons. The van der Waals surface area contributed by atoms with E-state index in [4.69, 9.17) is 0 Å². The van der Waals surface area contributed by atoms with Crippen molar-refractivity contribution in [1.29, 1.82) is 0 Å². The molecule has 2 bridgehead atoms. The van der Waals surface area contributed by atoms with E-state index in [1.807, 2.05) is 0 Å². The molecule has 1 nitrogen and oxygen atoms in total. The topological polar surface area (TPSA) is 20.2 Å². The molecular weight excluding hydrogens is 196 g/mol. The predicted octanol–water partition coefficient (Wildman–Crippen LogP) is 3.61. The van der Waals surface area contributed by atoms with Gasteiger partial charge in [0.2, 0.25) is 0 Å². The van der Waals surface area contributed by atoms with Crippen molar-refractivity contribution in [3.05, 3.63) is 0 Å². The van der Waals surface area contributed by atoms with Crippen LogP contribution in [0.1, 0.15) is 59.8 Å². The molecule has 0 radical (unpaired) electrons. The molecule has 0 heterocycles.